The number of anilines is 1. The predicted molar refractivity (Wildman–Crippen MR) is 273 cm³/mol. The van der Waals surface area contributed by atoms with E-state index in [0.717, 1.165) is 76.9 Å². The lowest BCUT2D eigenvalue weighted by Crippen LogP contribution is -2.56. The summed E-state index contributed by atoms with van der Waals surface area (Å²) >= 11 is 0. The van der Waals surface area contributed by atoms with Crippen molar-refractivity contribution in [3.05, 3.63) is 48.7 Å². The molecule has 0 aliphatic carbocycles. The summed E-state index contributed by atoms with van der Waals surface area (Å²) in [5, 5.41) is 0.745. The van der Waals surface area contributed by atoms with Crippen LogP contribution in [-0.4, -0.2) is 116 Å². The van der Waals surface area contributed by atoms with E-state index < -0.39 is 20.6 Å². The van der Waals surface area contributed by atoms with Crippen LogP contribution in [0.25, 0.3) is 10.9 Å². The molecule has 0 unspecified atom stereocenters. The number of pyridine rings is 1. The number of likely N-dealkylation sites (tertiary alicyclic amines) is 1. The number of rotatable bonds is 29. The van der Waals surface area contributed by atoms with E-state index in [-0.39, 0.29) is 9.79 Å². The summed E-state index contributed by atoms with van der Waals surface area (Å²) < 4.78 is 47.9. The van der Waals surface area contributed by atoms with Crippen LogP contribution >= 0.6 is 0 Å². The van der Waals surface area contributed by atoms with Crippen molar-refractivity contribution in [2.24, 2.45) is 0 Å². The summed E-state index contributed by atoms with van der Waals surface area (Å²) in [6, 6.07) is 13.7. The smallest absolute Gasteiger partial charge is 0.210 e. The standard InChI is InChI=1S/C54H87N5O4S2/c1-4-6-7-8-9-10-11-12-13-14-15-16-17-18-19-20-21-22-23-24-43-63-48-25-28-50(29-26-48)65(61,62)53-45-55-52-30-27-49(64(3)60)44-51(52)54(53)59-37-33-47(34-38-59)58-41-39-57(40-42-58)46-31-35-56(5-2)36-32-46/h25-30,44-47H,4-24,31-43H2,1-3H3/t64-/m0/s1. The van der Waals surface area contributed by atoms with E-state index in [9.17, 15) is 12.6 Å². The summed E-state index contributed by atoms with van der Waals surface area (Å²) in [5.41, 5.74) is 1.40. The van der Waals surface area contributed by atoms with Crippen molar-refractivity contribution in [1.82, 2.24) is 19.7 Å². The molecular formula is C54H87N5O4S2. The van der Waals surface area contributed by atoms with Gasteiger partial charge in [-0.2, -0.15) is 0 Å². The Morgan fingerprint density at radius 1 is 0.615 bits per heavy atom. The highest BCUT2D eigenvalue weighted by Crippen LogP contribution is 2.39. The monoisotopic (exact) mass is 934 g/mol. The third kappa shape index (κ3) is 16.0. The van der Waals surface area contributed by atoms with E-state index in [1.54, 1.807) is 30.5 Å². The number of hydrogen-bond acceptors (Lipinski definition) is 9. The number of sulfone groups is 1. The van der Waals surface area contributed by atoms with Gasteiger partial charge in [0.25, 0.3) is 0 Å². The number of unbranched alkanes of at least 4 members (excludes halogenated alkanes) is 19. The summed E-state index contributed by atoms with van der Waals surface area (Å²) in [6.07, 6.45) is 34.9. The van der Waals surface area contributed by atoms with Crippen molar-refractivity contribution < 1.29 is 17.4 Å². The lowest BCUT2D eigenvalue weighted by atomic mass is 9.99. The zero-order chi connectivity index (χ0) is 45.7. The van der Waals surface area contributed by atoms with Crippen LogP contribution in [0.3, 0.4) is 0 Å². The van der Waals surface area contributed by atoms with Gasteiger partial charge in [0.1, 0.15) is 10.6 Å². The highest BCUT2D eigenvalue weighted by molar-refractivity contribution is 7.91. The minimum absolute atomic E-state index is 0.211. The second kappa shape index (κ2) is 28.0. The molecule has 11 heteroatoms. The molecule has 1 atom stereocenters. The Labute approximate surface area is 398 Å². The number of fused-ring (bicyclic) bond motifs is 1. The van der Waals surface area contributed by atoms with Crippen molar-refractivity contribution >= 4 is 37.2 Å². The zero-order valence-electron chi connectivity index (χ0n) is 41.0. The van der Waals surface area contributed by atoms with Gasteiger partial charge in [0, 0.05) is 84.9 Å². The predicted octanol–water partition coefficient (Wildman–Crippen LogP) is 12.1. The topological polar surface area (TPSA) is 86.3 Å². The van der Waals surface area contributed by atoms with Gasteiger partial charge < -0.3 is 14.5 Å². The van der Waals surface area contributed by atoms with Gasteiger partial charge in [-0.1, -0.05) is 136 Å². The Bertz CT molecular complexity index is 1940. The first-order valence-corrected chi connectivity index (χ1v) is 29.5. The molecular weight excluding hydrogens is 847 g/mol. The van der Waals surface area contributed by atoms with E-state index in [4.69, 9.17) is 4.74 Å². The number of piperidine rings is 2. The second-order valence-corrected chi connectivity index (χ2v) is 22.9. The van der Waals surface area contributed by atoms with Gasteiger partial charge in [0.05, 0.1) is 22.7 Å². The van der Waals surface area contributed by atoms with E-state index >= 15 is 0 Å². The summed E-state index contributed by atoms with van der Waals surface area (Å²) in [5.74, 6) is 0.693. The second-order valence-electron chi connectivity index (χ2n) is 19.6. The molecule has 0 bridgehead atoms. The molecule has 364 valence electrons. The summed E-state index contributed by atoms with van der Waals surface area (Å²) in [7, 11) is -5.14. The lowest BCUT2D eigenvalue weighted by molar-refractivity contribution is 0.0384. The Balaban J connectivity index is 0.919. The van der Waals surface area contributed by atoms with Crippen LogP contribution in [0.15, 0.2) is 63.3 Å². The number of piperazine rings is 1. The lowest BCUT2D eigenvalue weighted by Gasteiger charge is -2.46. The van der Waals surface area contributed by atoms with Gasteiger partial charge in [-0.3, -0.25) is 19.0 Å². The van der Waals surface area contributed by atoms with Crippen LogP contribution in [0.4, 0.5) is 5.69 Å². The first-order chi connectivity index (χ1) is 31.8. The molecule has 0 N–H and O–H groups in total. The normalized spacial score (nSPS) is 18.2. The SMILES string of the molecule is CCCCCCCCCCCCCCCCCCCCCCOc1ccc(S(=O)(=O)c2cnc3ccc([S@](C)=O)cc3c2N2CCC(N3CCN(C4CCN(CC)CC4)CC3)CC2)cc1. The maximum Gasteiger partial charge on any atom is 0.210 e. The molecule has 0 amide bonds. The van der Waals surface area contributed by atoms with Crippen LogP contribution in [0.5, 0.6) is 5.75 Å². The minimum Gasteiger partial charge on any atom is -0.494 e. The third-order valence-corrected chi connectivity index (χ3v) is 17.7. The van der Waals surface area contributed by atoms with Crippen LogP contribution in [0, 0.1) is 0 Å². The van der Waals surface area contributed by atoms with Crippen LogP contribution in [0.2, 0.25) is 0 Å². The molecule has 4 heterocycles. The molecule has 2 aromatic carbocycles. The van der Waals surface area contributed by atoms with E-state index in [2.05, 4.69) is 38.4 Å². The molecule has 3 fully saturated rings. The first-order valence-electron chi connectivity index (χ1n) is 26.5. The molecule has 3 aliphatic heterocycles. The van der Waals surface area contributed by atoms with E-state index in [1.165, 1.54) is 148 Å². The molecule has 0 radical (unpaired) electrons. The fraction of sp³-hybridized carbons (Fsp3) is 0.722. The molecule has 9 nitrogen and oxygen atoms in total. The Morgan fingerprint density at radius 2 is 1.09 bits per heavy atom. The summed E-state index contributed by atoms with van der Waals surface area (Å²) in [6.45, 7) is 14.8. The highest BCUT2D eigenvalue weighted by atomic mass is 32.2. The van der Waals surface area contributed by atoms with E-state index in [1.807, 2.05) is 18.2 Å². The highest BCUT2D eigenvalue weighted by Gasteiger charge is 2.34. The van der Waals surface area contributed by atoms with E-state index in [0.29, 0.717) is 40.5 Å². The molecule has 3 aromatic rings. The largest absolute Gasteiger partial charge is 0.494 e. The Kier molecular flexibility index (Phi) is 22.4. The molecule has 0 spiro atoms. The fourth-order valence-corrected chi connectivity index (χ4v) is 12.7. The fourth-order valence-electron chi connectivity index (χ4n) is 10.8. The summed E-state index contributed by atoms with van der Waals surface area (Å²) in [4.78, 5) is 16.0. The maximum atomic E-state index is 14.6. The molecule has 3 saturated heterocycles. The van der Waals surface area contributed by atoms with Crippen molar-refractivity contribution in [3.8, 4) is 5.75 Å². The minimum atomic E-state index is -3.93. The van der Waals surface area contributed by atoms with Crippen LogP contribution in [0.1, 0.15) is 168 Å². The van der Waals surface area contributed by atoms with Gasteiger partial charge in [0.15, 0.2) is 0 Å². The van der Waals surface area contributed by atoms with Gasteiger partial charge in [0.2, 0.25) is 9.84 Å². The van der Waals surface area contributed by atoms with Crippen molar-refractivity contribution in [1.29, 1.82) is 0 Å². The van der Waals surface area contributed by atoms with Crippen LogP contribution < -0.4 is 9.64 Å². The third-order valence-electron chi connectivity index (χ3n) is 15.0. The number of benzene rings is 2. The molecule has 3 aliphatic rings. The molecule has 1 aromatic heterocycles. The number of aromatic nitrogens is 1. The average Bonchev–Trinajstić information content (AvgIpc) is 3.34. The molecule has 65 heavy (non-hydrogen) atoms. The Morgan fingerprint density at radius 3 is 1.57 bits per heavy atom. The number of nitrogens with zero attached hydrogens (tertiary/aromatic N) is 5. The van der Waals surface area contributed by atoms with Gasteiger partial charge in [-0.15, -0.1) is 0 Å². The van der Waals surface area contributed by atoms with Gasteiger partial charge in [-0.05, 0) is 94.2 Å². The van der Waals surface area contributed by atoms with Gasteiger partial charge in [-0.25, -0.2) is 8.42 Å². The molecule has 6 rings (SSSR count). The van der Waals surface area contributed by atoms with Crippen LogP contribution in [-0.2, 0) is 20.6 Å². The maximum absolute atomic E-state index is 14.6. The quantitative estimate of drug-likeness (QED) is 0.0632. The zero-order valence-corrected chi connectivity index (χ0v) is 42.6. The molecule has 0 saturated carbocycles. The van der Waals surface area contributed by atoms with Gasteiger partial charge >= 0.3 is 0 Å². The first kappa shape index (κ1) is 51.8. The number of hydrogen-bond donors (Lipinski definition) is 0. The van der Waals surface area contributed by atoms with Crippen molar-refractivity contribution in [2.75, 3.05) is 76.7 Å². The Hall–Kier alpha value is -2.57. The van der Waals surface area contributed by atoms with Crippen molar-refractivity contribution in [3.63, 3.8) is 0 Å². The van der Waals surface area contributed by atoms with Crippen molar-refractivity contribution in [2.45, 2.75) is 195 Å². The average molecular weight is 934 g/mol. The number of ether oxygens (including phenoxy) is 1.